The lowest BCUT2D eigenvalue weighted by Gasteiger charge is -2.43. The third-order valence-corrected chi connectivity index (χ3v) is 5.75. The first-order valence-corrected chi connectivity index (χ1v) is 9.85. The van der Waals surface area contributed by atoms with Crippen molar-refractivity contribution >= 4 is 29.9 Å². The Morgan fingerprint density at radius 2 is 1.93 bits per heavy atom. The lowest BCUT2D eigenvalue weighted by molar-refractivity contribution is -0.137. The van der Waals surface area contributed by atoms with Crippen LogP contribution in [-0.2, 0) is 16.3 Å². The molecule has 0 atom stereocenters. The minimum atomic E-state index is -4.31. The highest BCUT2D eigenvalue weighted by molar-refractivity contribution is 14.0. The van der Waals surface area contributed by atoms with Gasteiger partial charge in [0.15, 0.2) is 5.96 Å². The smallest absolute Gasteiger partial charge is 0.379 e. The number of hydrogen-bond donors (Lipinski definition) is 2. The van der Waals surface area contributed by atoms with Crippen molar-refractivity contribution in [1.82, 2.24) is 15.5 Å². The Labute approximate surface area is 187 Å². The second-order valence-electron chi connectivity index (χ2n) is 7.52. The van der Waals surface area contributed by atoms with Gasteiger partial charge in [-0.05, 0) is 24.5 Å². The van der Waals surface area contributed by atoms with Gasteiger partial charge in [0.05, 0.1) is 18.8 Å². The van der Waals surface area contributed by atoms with Crippen molar-refractivity contribution in [2.45, 2.75) is 30.9 Å². The number of hydrogen-bond acceptors (Lipinski definition) is 3. The Bertz CT molecular complexity index is 674. The third kappa shape index (κ3) is 6.45. The molecule has 164 valence electrons. The van der Waals surface area contributed by atoms with Gasteiger partial charge in [-0.15, -0.1) is 24.0 Å². The van der Waals surface area contributed by atoms with E-state index in [1.54, 1.807) is 7.05 Å². The number of morpholine rings is 1. The van der Waals surface area contributed by atoms with E-state index in [1.807, 2.05) is 6.07 Å². The summed E-state index contributed by atoms with van der Waals surface area (Å²) in [6.07, 6.45) is -1.52. The lowest BCUT2D eigenvalue weighted by Crippen LogP contribution is -2.50. The number of nitrogens with one attached hydrogen (secondary N) is 2. The Kier molecular flexibility index (Phi) is 9.02. The summed E-state index contributed by atoms with van der Waals surface area (Å²) in [5.41, 5.74) is -0.0857. The Hall–Kier alpha value is -1.07. The number of nitrogens with zero attached hydrogens (tertiary/aromatic N) is 2. The topological polar surface area (TPSA) is 48.9 Å². The van der Waals surface area contributed by atoms with Crippen LogP contribution in [0.15, 0.2) is 29.3 Å². The number of alkyl halides is 3. The number of rotatable bonds is 6. The summed E-state index contributed by atoms with van der Waals surface area (Å²) in [5.74, 6) is 0.687. The van der Waals surface area contributed by atoms with E-state index in [9.17, 15) is 13.2 Å². The van der Waals surface area contributed by atoms with Crippen molar-refractivity contribution in [2.75, 3.05) is 53.0 Å². The van der Waals surface area contributed by atoms with Crippen LogP contribution < -0.4 is 10.6 Å². The van der Waals surface area contributed by atoms with E-state index in [-0.39, 0.29) is 29.4 Å². The van der Waals surface area contributed by atoms with E-state index in [4.69, 9.17) is 4.74 Å². The molecule has 1 saturated heterocycles. The van der Waals surface area contributed by atoms with Gasteiger partial charge in [-0.1, -0.05) is 24.6 Å². The van der Waals surface area contributed by atoms with Crippen LogP contribution in [-0.4, -0.2) is 63.8 Å². The molecule has 1 aliphatic heterocycles. The number of ether oxygens (including phenoxy) is 1. The largest absolute Gasteiger partial charge is 0.416 e. The highest BCUT2D eigenvalue weighted by Gasteiger charge is 2.40. The molecular formula is C20H30F3IN4O. The monoisotopic (exact) mass is 526 g/mol. The van der Waals surface area contributed by atoms with Gasteiger partial charge in [0.25, 0.3) is 0 Å². The van der Waals surface area contributed by atoms with E-state index in [1.165, 1.54) is 12.1 Å². The van der Waals surface area contributed by atoms with Crippen molar-refractivity contribution in [3.63, 3.8) is 0 Å². The molecule has 0 bridgehead atoms. The Morgan fingerprint density at radius 3 is 2.52 bits per heavy atom. The summed E-state index contributed by atoms with van der Waals surface area (Å²) in [6.45, 7) is 5.66. The average Bonchev–Trinajstić information content (AvgIpc) is 2.66. The molecule has 3 rings (SSSR count). The molecular weight excluding hydrogens is 496 g/mol. The van der Waals surface area contributed by atoms with Gasteiger partial charge < -0.3 is 15.4 Å². The number of aliphatic imine (C=N–C) groups is 1. The molecule has 9 heteroatoms. The fourth-order valence-electron chi connectivity index (χ4n) is 3.83. The van der Waals surface area contributed by atoms with Crippen LogP contribution in [0, 0.1) is 0 Å². The van der Waals surface area contributed by atoms with Gasteiger partial charge in [-0.2, -0.15) is 13.2 Å². The lowest BCUT2D eigenvalue weighted by atomic mass is 9.64. The first kappa shape index (κ1) is 24.2. The number of halogens is 4. The molecule has 2 aliphatic rings. The Morgan fingerprint density at radius 1 is 1.21 bits per heavy atom. The molecule has 2 fully saturated rings. The maximum Gasteiger partial charge on any atom is 0.416 e. The van der Waals surface area contributed by atoms with E-state index in [0.29, 0.717) is 12.5 Å². The van der Waals surface area contributed by atoms with Gasteiger partial charge in [-0.25, -0.2) is 0 Å². The molecule has 1 aromatic rings. The van der Waals surface area contributed by atoms with E-state index < -0.39 is 11.7 Å². The Balaban J connectivity index is 0.00000300. The van der Waals surface area contributed by atoms with Gasteiger partial charge in [0, 0.05) is 45.2 Å². The predicted octanol–water partition coefficient (Wildman–Crippen LogP) is 3.24. The SMILES string of the molecule is CN=C(NCCN1CCOCC1)NCC1(c2cccc(C(F)(F)F)c2)CCC1.I. The summed E-state index contributed by atoms with van der Waals surface area (Å²) in [6, 6.07) is 5.75. The van der Waals surface area contributed by atoms with Gasteiger partial charge >= 0.3 is 6.18 Å². The standard InChI is InChI=1S/C20H29F3N4O.HI/c1-24-18(25-8-9-27-10-12-28-13-11-27)26-15-19(6-3-7-19)16-4-2-5-17(14-16)20(21,22)23;/h2,4-5,14H,3,6-13,15H2,1H3,(H2,24,25,26);1H. The minimum Gasteiger partial charge on any atom is -0.379 e. The fraction of sp³-hybridized carbons (Fsp3) is 0.650. The zero-order valence-electron chi connectivity index (χ0n) is 16.7. The molecule has 0 radical (unpaired) electrons. The van der Waals surface area contributed by atoms with Crippen LogP contribution in [0.3, 0.4) is 0 Å². The first-order chi connectivity index (χ1) is 13.4. The second-order valence-corrected chi connectivity index (χ2v) is 7.52. The van der Waals surface area contributed by atoms with Crippen molar-refractivity contribution in [3.8, 4) is 0 Å². The fourth-order valence-corrected chi connectivity index (χ4v) is 3.83. The molecule has 2 N–H and O–H groups in total. The molecule has 29 heavy (non-hydrogen) atoms. The molecule has 1 heterocycles. The maximum atomic E-state index is 13.1. The summed E-state index contributed by atoms with van der Waals surface area (Å²) < 4.78 is 44.6. The summed E-state index contributed by atoms with van der Waals surface area (Å²) in [4.78, 5) is 6.59. The molecule has 0 amide bonds. The summed E-state index contributed by atoms with van der Waals surface area (Å²) in [5, 5.41) is 6.62. The van der Waals surface area contributed by atoms with Gasteiger partial charge in [0.2, 0.25) is 0 Å². The molecule has 0 spiro atoms. The van der Waals surface area contributed by atoms with Crippen LogP contribution in [0.1, 0.15) is 30.4 Å². The molecule has 0 unspecified atom stereocenters. The van der Waals surface area contributed by atoms with E-state index >= 15 is 0 Å². The van der Waals surface area contributed by atoms with Crippen LogP contribution in [0.4, 0.5) is 13.2 Å². The van der Waals surface area contributed by atoms with E-state index in [2.05, 4.69) is 20.5 Å². The second kappa shape index (κ2) is 10.8. The number of benzene rings is 1. The maximum absolute atomic E-state index is 13.1. The average molecular weight is 526 g/mol. The van der Waals surface area contributed by atoms with Gasteiger partial charge in [0.1, 0.15) is 0 Å². The highest BCUT2D eigenvalue weighted by Crippen LogP contribution is 2.44. The minimum absolute atomic E-state index is 0. The molecule has 1 aromatic carbocycles. The molecule has 5 nitrogen and oxygen atoms in total. The first-order valence-electron chi connectivity index (χ1n) is 9.85. The summed E-state index contributed by atoms with van der Waals surface area (Å²) in [7, 11) is 1.71. The van der Waals surface area contributed by atoms with Gasteiger partial charge in [-0.3, -0.25) is 9.89 Å². The van der Waals surface area contributed by atoms with Crippen molar-refractivity contribution in [3.05, 3.63) is 35.4 Å². The van der Waals surface area contributed by atoms with Crippen molar-refractivity contribution < 1.29 is 17.9 Å². The number of guanidine groups is 1. The van der Waals surface area contributed by atoms with Crippen molar-refractivity contribution in [1.29, 1.82) is 0 Å². The highest BCUT2D eigenvalue weighted by atomic mass is 127. The zero-order valence-corrected chi connectivity index (χ0v) is 19.1. The third-order valence-electron chi connectivity index (χ3n) is 5.75. The van der Waals surface area contributed by atoms with E-state index in [0.717, 1.165) is 70.3 Å². The predicted molar refractivity (Wildman–Crippen MR) is 119 cm³/mol. The summed E-state index contributed by atoms with van der Waals surface area (Å²) >= 11 is 0. The zero-order chi connectivity index (χ0) is 20.0. The normalized spacial score (nSPS) is 19.8. The molecule has 0 aromatic heterocycles. The quantitative estimate of drug-likeness (QED) is 0.340. The molecule has 1 aliphatic carbocycles. The van der Waals surface area contributed by atoms with Crippen molar-refractivity contribution in [2.24, 2.45) is 4.99 Å². The van der Waals surface area contributed by atoms with Crippen LogP contribution in [0.2, 0.25) is 0 Å². The van der Waals surface area contributed by atoms with Crippen LogP contribution in [0.5, 0.6) is 0 Å². The van der Waals surface area contributed by atoms with Crippen LogP contribution >= 0.6 is 24.0 Å². The van der Waals surface area contributed by atoms with Crippen LogP contribution in [0.25, 0.3) is 0 Å². The molecule has 1 saturated carbocycles.